The molecular weight excluding hydrogens is 409 g/mol. The van der Waals surface area contributed by atoms with Crippen molar-refractivity contribution >= 4 is 12.0 Å². The monoisotopic (exact) mass is 422 g/mol. The Morgan fingerprint density at radius 1 is 1.13 bits per heavy atom. The smallest absolute Gasteiger partial charge is 0.445 e. The molecule has 0 atom stereocenters. The number of ether oxygens (including phenoxy) is 1. The van der Waals surface area contributed by atoms with Gasteiger partial charge in [-0.2, -0.15) is 18.2 Å². The van der Waals surface area contributed by atoms with Crippen molar-refractivity contribution in [1.29, 1.82) is 0 Å². The summed E-state index contributed by atoms with van der Waals surface area (Å²) in [5, 5.41) is 5.72. The van der Waals surface area contributed by atoms with Gasteiger partial charge in [0.2, 0.25) is 5.82 Å². The van der Waals surface area contributed by atoms with Crippen LogP contribution in [0.25, 0.3) is 11.4 Å². The van der Waals surface area contributed by atoms with Gasteiger partial charge >= 0.3 is 18.2 Å². The second-order valence-electron chi connectivity index (χ2n) is 5.80. The SMILES string of the molecule is NC(=O)c1ccc(COC(=O)NCc2ccc(-c3noc(C(F)(F)F)n3)cn2)cn1. The van der Waals surface area contributed by atoms with E-state index in [9.17, 15) is 22.8 Å². The zero-order chi connectivity index (χ0) is 21.7. The lowest BCUT2D eigenvalue weighted by molar-refractivity contribution is -0.159. The second-order valence-corrected chi connectivity index (χ2v) is 5.80. The fraction of sp³-hybridized carbons (Fsp3) is 0.176. The first-order valence-corrected chi connectivity index (χ1v) is 8.24. The topological polar surface area (TPSA) is 146 Å². The van der Waals surface area contributed by atoms with Gasteiger partial charge in [0.1, 0.15) is 12.3 Å². The number of nitrogens with one attached hydrogen (secondary N) is 1. The molecule has 0 aromatic carbocycles. The Labute approximate surface area is 166 Å². The van der Waals surface area contributed by atoms with Crippen LogP contribution in [0.3, 0.4) is 0 Å². The van der Waals surface area contributed by atoms with Crippen LogP contribution in [-0.2, 0) is 24.1 Å². The van der Waals surface area contributed by atoms with Gasteiger partial charge in [0.15, 0.2) is 0 Å². The van der Waals surface area contributed by atoms with Gasteiger partial charge in [-0.1, -0.05) is 11.2 Å². The number of halogens is 3. The molecule has 0 spiro atoms. The van der Waals surface area contributed by atoms with E-state index < -0.39 is 24.1 Å². The fourth-order valence-electron chi connectivity index (χ4n) is 2.14. The fourth-order valence-corrected chi connectivity index (χ4v) is 2.14. The van der Waals surface area contributed by atoms with E-state index in [0.717, 1.165) is 0 Å². The molecule has 0 aliphatic rings. The zero-order valence-corrected chi connectivity index (χ0v) is 15.0. The van der Waals surface area contributed by atoms with Crippen molar-refractivity contribution in [2.24, 2.45) is 5.73 Å². The maximum atomic E-state index is 12.5. The molecule has 2 amide bonds. The van der Waals surface area contributed by atoms with E-state index in [1.165, 1.54) is 30.6 Å². The molecule has 3 rings (SSSR count). The summed E-state index contributed by atoms with van der Waals surface area (Å²) in [4.78, 5) is 33.8. The van der Waals surface area contributed by atoms with E-state index in [0.29, 0.717) is 11.3 Å². The Bertz CT molecular complexity index is 1030. The number of alkyl carbamates (subject to hydrolysis) is 1. The number of nitrogens with zero attached hydrogens (tertiary/aromatic N) is 4. The molecule has 0 fully saturated rings. The lowest BCUT2D eigenvalue weighted by atomic mass is 10.2. The lowest BCUT2D eigenvalue weighted by Gasteiger charge is -2.07. The Hall–Kier alpha value is -4.03. The largest absolute Gasteiger partial charge is 0.471 e. The summed E-state index contributed by atoms with van der Waals surface area (Å²) in [6.07, 6.45) is -2.86. The highest BCUT2D eigenvalue weighted by molar-refractivity contribution is 5.90. The molecule has 156 valence electrons. The first-order chi connectivity index (χ1) is 14.2. The quantitative estimate of drug-likeness (QED) is 0.614. The molecule has 0 saturated carbocycles. The third-order valence-corrected chi connectivity index (χ3v) is 3.61. The highest BCUT2D eigenvalue weighted by Gasteiger charge is 2.38. The average Bonchev–Trinajstić information content (AvgIpc) is 3.22. The van der Waals surface area contributed by atoms with Crippen LogP contribution >= 0.6 is 0 Å². The number of rotatable bonds is 6. The van der Waals surface area contributed by atoms with Crippen molar-refractivity contribution < 1.29 is 32.0 Å². The average molecular weight is 422 g/mol. The van der Waals surface area contributed by atoms with E-state index in [1.54, 1.807) is 6.07 Å². The normalized spacial score (nSPS) is 11.2. The number of amides is 2. The van der Waals surface area contributed by atoms with E-state index in [-0.39, 0.29) is 30.2 Å². The van der Waals surface area contributed by atoms with Crippen LogP contribution in [-0.4, -0.2) is 32.1 Å². The molecule has 10 nitrogen and oxygen atoms in total. The number of carbonyl (C=O) groups excluding carboxylic acids is 2. The highest BCUT2D eigenvalue weighted by Crippen LogP contribution is 2.29. The van der Waals surface area contributed by atoms with Gasteiger partial charge in [-0.05, 0) is 18.2 Å². The molecule has 3 N–H and O–H groups in total. The van der Waals surface area contributed by atoms with Gasteiger partial charge in [-0.15, -0.1) is 0 Å². The van der Waals surface area contributed by atoms with Gasteiger partial charge < -0.3 is 20.3 Å². The van der Waals surface area contributed by atoms with Gasteiger partial charge in [-0.25, -0.2) is 4.79 Å². The van der Waals surface area contributed by atoms with Crippen molar-refractivity contribution in [2.75, 3.05) is 0 Å². The number of carbonyl (C=O) groups is 2. The molecule has 3 aromatic heterocycles. The zero-order valence-electron chi connectivity index (χ0n) is 15.0. The number of alkyl halides is 3. The molecule has 0 aliphatic carbocycles. The maximum Gasteiger partial charge on any atom is 0.471 e. The van der Waals surface area contributed by atoms with Crippen molar-refractivity contribution in [2.45, 2.75) is 19.3 Å². The van der Waals surface area contributed by atoms with Crippen LogP contribution in [0, 0.1) is 0 Å². The van der Waals surface area contributed by atoms with Crippen LogP contribution in [0.15, 0.2) is 41.2 Å². The molecule has 0 unspecified atom stereocenters. The minimum atomic E-state index is -4.73. The van der Waals surface area contributed by atoms with Gasteiger partial charge in [0, 0.05) is 23.5 Å². The first kappa shape index (κ1) is 20.7. The summed E-state index contributed by atoms with van der Waals surface area (Å²) in [5.74, 6) is -2.38. The highest BCUT2D eigenvalue weighted by atomic mass is 19.4. The standard InChI is InChI=1S/C17H13F3N6O4/c18-17(19,20)15-25-14(26-30-15)10-2-3-11(22-6-10)7-24-16(28)29-8-9-1-4-12(13(21)27)23-5-9/h1-6H,7-8H2,(H2,21,27)(H,24,28). The number of primary amides is 1. The third-order valence-electron chi connectivity index (χ3n) is 3.61. The number of pyridine rings is 2. The molecule has 0 radical (unpaired) electrons. The van der Waals surface area contributed by atoms with Crippen molar-refractivity contribution in [3.05, 3.63) is 59.5 Å². The predicted octanol–water partition coefficient (Wildman–Crippen LogP) is 2.07. The Morgan fingerprint density at radius 2 is 1.93 bits per heavy atom. The van der Waals surface area contributed by atoms with E-state index in [1.807, 2.05) is 0 Å². The van der Waals surface area contributed by atoms with Crippen LogP contribution in [0.2, 0.25) is 0 Å². The molecule has 0 saturated heterocycles. The first-order valence-electron chi connectivity index (χ1n) is 8.24. The molecular formula is C17H13F3N6O4. The Balaban J connectivity index is 1.49. The minimum Gasteiger partial charge on any atom is -0.445 e. The Kier molecular flexibility index (Phi) is 5.90. The van der Waals surface area contributed by atoms with Gasteiger partial charge in [0.25, 0.3) is 5.91 Å². The number of hydrogen-bond acceptors (Lipinski definition) is 8. The van der Waals surface area contributed by atoms with E-state index >= 15 is 0 Å². The second kappa shape index (κ2) is 8.55. The maximum absolute atomic E-state index is 12.5. The van der Waals surface area contributed by atoms with Crippen LogP contribution < -0.4 is 11.1 Å². The number of aromatic nitrogens is 4. The summed E-state index contributed by atoms with van der Waals surface area (Å²) in [5.41, 5.74) is 6.36. The number of hydrogen-bond donors (Lipinski definition) is 2. The van der Waals surface area contributed by atoms with Crippen LogP contribution in [0.4, 0.5) is 18.0 Å². The molecule has 0 aliphatic heterocycles. The Morgan fingerprint density at radius 3 is 2.50 bits per heavy atom. The van der Waals surface area contributed by atoms with Crippen LogP contribution in [0.5, 0.6) is 0 Å². The summed E-state index contributed by atoms with van der Waals surface area (Å²) in [7, 11) is 0. The molecule has 3 aromatic rings. The summed E-state index contributed by atoms with van der Waals surface area (Å²) < 4.78 is 46.6. The predicted molar refractivity (Wildman–Crippen MR) is 92.3 cm³/mol. The van der Waals surface area contributed by atoms with Gasteiger partial charge in [-0.3, -0.25) is 14.8 Å². The van der Waals surface area contributed by atoms with Crippen molar-refractivity contribution in [3.63, 3.8) is 0 Å². The van der Waals surface area contributed by atoms with Gasteiger partial charge in [0.05, 0.1) is 12.2 Å². The van der Waals surface area contributed by atoms with Crippen molar-refractivity contribution in [1.82, 2.24) is 25.4 Å². The third kappa shape index (κ3) is 5.27. The molecule has 30 heavy (non-hydrogen) atoms. The van der Waals surface area contributed by atoms with Crippen LogP contribution in [0.1, 0.15) is 27.6 Å². The van der Waals surface area contributed by atoms with Crippen molar-refractivity contribution in [3.8, 4) is 11.4 Å². The molecule has 13 heteroatoms. The lowest BCUT2D eigenvalue weighted by Crippen LogP contribution is -2.24. The summed E-state index contributed by atoms with van der Waals surface area (Å²) in [6, 6.07) is 5.87. The minimum absolute atomic E-state index is 0.0119. The number of nitrogens with two attached hydrogens (primary N) is 1. The summed E-state index contributed by atoms with van der Waals surface area (Å²) in [6.45, 7) is -0.0678. The van der Waals surface area contributed by atoms with E-state index in [2.05, 4.69) is 29.9 Å². The molecule has 0 bridgehead atoms. The molecule has 3 heterocycles. The summed E-state index contributed by atoms with van der Waals surface area (Å²) >= 11 is 0. The van der Waals surface area contributed by atoms with E-state index in [4.69, 9.17) is 10.5 Å².